The van der Waals surface area contributed by atoms with Crippen molar-refractivity contribution in [2.75, 3.05) is 0 Å². The van der Waals surface area contributed by atoms with E-state index in [1.807, 2.05) is 53.1 Å². The Morgan fingerprint density at radius 1 is 0.952 bits per heavy atom. The van der Waals surface area contributed by atoms with Gasteiger partial charge in [-0.05, 0) is 110 Å². The lowest BCUT2D eigenvalue weighted by Crippen LogP contribution is -2.38. The first kappa shape index (κ1) is 28.1. The molecule has 0 spiro atoms. The van der Waals surface area contributed by atoms with Crippen LogP contribution in [0.1, 0.15) is 40.3 Å². The molecule has 2 aliphatic rings. The van der Waals surface area contributed by atoms with E-state index in [1.54, 1.807) is 0 Å². The van der Waals surface area contributed by atoms with Crippen LogP contribution in [0.25, 0.3) is 11.8 Å². The molecule has 1 aromatic heterocycles. The van der Waals surface area contributed by atoms with Crippen LogP contribution in [-0.4, -0.2) is 4.57 Å². The molecule has 0 amide bonds. The maximum atomic E-state index is 14.1. The summed E-state index contributed by atoms with van der Waals surface area (Å²) in [4.78, 5) is 19.9. The topological polar surface area (TPSA) is 43.6 Å². The smallest absolute Gasteiger partial charge is 0.271 e. The van der Waals surface area contributed by atoms with Gasteiger partial charge in [0.25, 0.3) is 5.56 Å². The van der Waals surface area contributed by atoms with Crippen LogP contribution in [0.3, 0.4) is 0 Å². The highest BCUT2D eigenvalue weighted by Gasteiger charge is 2.33. The van der Waals surface area contributed by atoms with Crippen molar-refractivity contribution in [2.24, 2.45) is 4.99 Å². The second-order valence-electron chi connectivity index (χ2n) is 10.2. The molecule has 1 atom stereocenters. The Hall–Kier alpha value is -2.73. The van der Waals surface area contributed by atoms with Crippen LogP contribution in [0, 0.1) is 7.14 Å². The number of nitrogens with zero attached hydrogens (tertiary/aromatic N) is 2. The van der Waals surface area contributed by atoms with E-state index in [2.05, 4.69) is 93.7 Å². The molecule has 7 rings (SSSR count). The second kappa shape index (κ2) is 11.7. The van der Waals surface area contributed by atoms with Gasteiger partial charge < -0.3 is 4.74 Å². The summed E-state index contributed by atoms with van der Waals surface area (Å²) in [6, 6.07) is 30.2. The lowest BCUT2D eigenvalue weighted by Gasteiger charge is -2.31. The molecule has 4 aromatic carbocycles. The number of thiazole rings is 1. The quantitative estimate of drug-likeness (QED) is 0.171. The summed E-state index contributed by atoms with van der Waals surface area (Å²) in [5, 5.41) is 0.653. The SMILES string of the molecule is O=c1c(=Cc2cc(I)c(OCc3ccccc3)c(I)c2)sc2n1C(c1ccccc1Cl)C1=C(N=2)c2ccccc2CC1. The van der Waals surface area contributed by atoms with Crippen molar-refractivity contribution in [2.45, 2.75) is 25.5 Å². The predicted molar refractivity (Wildman–Crippen MR) is 187 cm³/mol. The molecule has 1 aliphatic heterocycles. The summed E-state index contributed by atoms with van der Waals surface area (Å²) >= 11 is 12.8. The Morgan fingerprint density at radius 3 is 2.45 bits per heavy atom. The van der Waals surface area contributed by atoms with E-state index in [-0.39, 0.29) is 11.6 Å². The number of benzene rings is 4. The maximum Gasteiger partial charge on any atom is 0.271 e. The van der Waals surface area contributed by atoms with Gasteiger partial charge in [-0.1, -0.05) is 95.7 Å². The minimum absolute atomic E-state index is 0.0523. The van der Waals surface area contributed by atoms with Crippen molar-refractivity contribution in [3.63, 3.8) is 0 Å². The molecular formula is C34H23ClI2N2O2S. The fraction of sp³-hybridized carbons (Fsp3) is 0.118. The number of aromatic nitrogens is 1. The zero-order chi connectivity index (χ0) is 28.8. The Kier molecular flexibility index (Phi) is 7.85. The number of halogens is 3. The highest BCUT2D eigenvalue weighted by Crippen LogP contribution is 2.42. The maximum absolute atomic E-state index is 14.1. The van der Waals surface area contributed by atoms with Gasteiger partial charge in [0.2, 0.25) is 0 Å². The first-order chi connectivity index (χ1) is 20.5. The number of aryl methyl sites for hydroxylation is 1. The summed E-state index contributed by atoms with van der Waals surface area (Å²) in [7, 11) is 0. The van der Waals surface area contributed by atoms with Gasteiger partial charge in [0.15, 0.2) is 4.80 Å². The molecule has 0 fully saturated rings. The monoisotopic (exact) mass is 812 g/mol. The van der Waals surface area contributed by atoms with Crippen LogP contribution >= 0.6 is 68.1 Å². The third kappa shape index (κ3) is 5.18. The summed E-state index contributed by atoms with van der Waals surface area (Å²) in [6.07, 6.45) is 3.71. The Bertz CT molecular complexity index is 2040. The first-order valence-electron chi connectivity index (χ1n) is 13.5. The molecule has 42 heavy (non-hydrogen) atoms. The molecule has 0 saturated heterocycles. The summed E-state index contributed by atoms with van der Waals surface area (Å²) in [6.45, 7) is 0.501. The molecule has 0 bridgehead atoms. The highest BCUT2D eigenvalue weighted by molar-refractivity contribution is 14.1. The van der Waals surface area contributed by atoms with Crippen LogP contribution in [-0.2, 0) is 13.0 Å². The average molecular weight is 813 g/mol. The number of fused-ring (bicyclic) bond motifs is 3. The van der Waals surface area contributed by atoms with E-state index in [0.29, 0.717) is 21.0 Å². The Balaban J connectivity index is 1.34. The van der Waals surface area contributed by atoms with Crippen molar-refractivity contribution in [3.05, 3.63) is 156 Å². The number of rotatable bonds is 5. The van der Waals surface area contributed by atoms with Crippen LogP contribution in [0.15, 0.2) is 106 Å². The van der Waals surface area contributed by atoms with Gasteiger partial charge in [-0.3, -0.25) is 9.36 Å². The molecular weight excluding hydrogens is 790 g/mol. The van der Waals surface area contributed by atoms with Crippen molar-refractivity contribution in [1.82, 2.24) is 4.57 Å². The van der Waals surface area contributed by atoms with Gasteiger partial charge >= 0.3 is 0 Å². The standard InChI is InChI=1S/C34H23ClI2N2O2S/c35-26-13-7-6-12-24(26)31-25-15-14-22-10-4-5-11-23(22)30(25)38-34-39(31)33(40)29(42-34)18-21-16-27(36)32(28(37)17-21)41-19-20-8-2-1-3-9-20/h1-13,16-18,31H,14-15,19H2. The van der Waals surface area contributed by atoms with Crippen LogP contribution in [0.2, 0.25) is 5.02 Å². The van der Waals surface area contributed by atoms with Crippen LogP contribution in [0.4, 0.5) is 0 Å². The third-order valence-corrected chi connectivity index (χ3v) is 10.5. The van der Waals surface area contributed by atoms with Crippen molar-refractivity contribution >= 4 is 79.9 Å². The molecule has 2 heterocycles. The number of hydrogen-bond acceptors (Lipinski definition) is 4. The summed E-state index contributed by atoms with van der Waals surface area (Å²) in [5.74, 6) is 0.851. The molecule has 1 aliphatic carbocycles. The van der Waals surface area contributed by atoms with E-state index in [4.69, 9.17) is 21.3 Å². The molecule has 0 N–H and O–H groups in total. The zero-order valence-electron chi connectivity index (χ0n) is 22.2. The lowest BCUT2D eigenvalue weighted by atomic mass is 9.83. The second-order valence-corrected chi connectivity index (χ2v) is 14.0. The normalized spacial score (nSPS) is 16.0. The molecule has 0 saturated carbocycles. The van der Waals surface area contributed by atoms with Crippen molar-refractivity contribution in [1.29, 1.82) is 0 Å². The van der Waals surface area contributed by atoms with Crippen LogP contribution < -0.4 is 19.6 Å². The molecule has 208 valence electrons. The van der Waals surface area contributed by atoms with Crippen molar-refractivity contribution in [3.8, 4) is 5.75 Å². The predicted octanol–water partition coefficient (Wildman–Crippen LogP) is 7.76. The summed E-state index contributed by atoms with van der Waals surface area (Å²) < 4.78 is 10.7. The largest absolute Gasteiger partial charge is 0.487 e. The van der Waals surface area contributed by atoms with E-state index >= 15 is 0 Å². The van der Waals surface area contributed by atoms with Gasteiger partial charge in [0.1, 0.15) is 12.4 Å². The van der Waals surface area contributed by atoms with E-state index < -0.39 is 0 Å². The minimum Gasteiger partial charge on any atom is -0.487 e. The van der Waals surface area contributed by atoms with Gasteiger partial charge in [-0.15, -0.1) is 0 Å². The Morgan fingerprint density at radius 2 is 1.67 bits per heavy atom. The molecule has 5 aromatic rings. The van der Waals surface area contributed by atoms with E-state index in [9.17, 15) is 4.79 Å². The average Bonchev–Trinajstić information content (AvgIpc) is 3.30. The van der Waals surface area contributed by atoms with E-state index in [1.165, 1.54) is 16.9 Å². The first-order valence-corrected chi connectivity index (χ1v) is 16.9. The molecule has 0 radical (unpaired) electrons. The van der Waals surface area contributed by atoms with Gasteiger partial charge in [0.05, 0.1) is 23.4 Å². The number of hydrogen-bond donors (Lipinski definition) is 0. The van der Waals surface area contributed by atoms with Gasteiger partial charge in [-0.25, -0.2) is 4.99 Å². The molecule has 4 nitrogen and oxygen atoms in total. The minimum atomic E-state index is -0.297. The van der Waals surface area contributed by atoms with Crippen molar-refractivity contribution < 1.29 is 4.74 Å². The fourth-order valence-corrected chi connectivity index (χ4v) is 9.05. The third-order valence-electron chi connectivity index (χ3n) is 7.62. The Labute approximate surface area is 279 Å². The number of allylic oxidation sites excluding steroid dienone is 1. The highest BCUT2D eigenvalue weighted by atomic mass is 127. The molecule has 8 heteroatoms. The van der Waals surface area contributed by atoms with E-state index in [0.717, 1.165) is 59.3 Å². The fourth-order valence-electron chi connectivity index (χ4n) is 5.68. The van der Waals surface area contributed by atoms with Gasteiger partial charge in [0, 0.05) is 10.6 Å². The van der Waals surface area contributed by atoms with Crippen LogP contribution in [0.5, 0.6) is 5.75 Å². The zero-order valence-corrected chi connectivity index (χ0v) is 28.1. The lowest BCUT2D eigenvalue weighted by molar-refractivity contribution is 0.302. The number of ether oxygens (including phenoxy) is 1. The molecule has 1 unspecified atom stereocenters. The van der Waals surface area contributed by atoms with Gasteiger partial charge in [-0.2, -0.15) is 0 Å². The summed E-state index contributed by atoms with van der Waals surface area (Å²) in [5.41, 5.74) is 7.49.